The number of halogens is 2. The zero-order valence-electron chi connectivity index (χ0n) is 16.6. The number of nitrogens with zero attached hydrogens (tertiary/aromatic N) is 2. The largest absolute Gasteiger partial charge is 0.340 e. The van der Waals surface area contributed by atoms with Crippen LogP contribution in [0.5, 0.6) is 0 Å². The van der Waals surface area contributed by atoms with Crippen LogP contribution in [0.2, 0.25) is 0 Å². The second-order valence-electron chi connectivity index (χ2n) is 7.31. The van der Waals surface area contributed by atoms with E-state index >= 15 is 0 Å². The molecule has 1 fully saturated rings. The predicted octanol–water partition coefficient (Wildman–Crippen LogP) is 2.99. The maximum atomic E-state index is 13.8. The van der Waals surface area contributed by atoms with Gasteiger partial charge in [-0.3, -0.25) is 14.5 Å². The summed E-state index contributed by atoms with van der Waals surface area (Å²) < 4.78 is 26.8. The molecule has 1 saturated heterocycles. The molecule has 3 rings (SSSR count). The van der Waals surface area contributed by atoms with Gasteiger partial charge in [0.25, 0.3) is 0 Å². The lowest BCUT2D eigenvalue weighted by Crippen LogP contribution is -2.54. The number of anilines is 1. The van der Waals surface area contributed by atoms with Crippen molar-refractivity contribution in [1.29, 1.82) is 0 Å². The Labute approximate surface area is 169 Å². The minimum absolute atomic E-state index is 0.0460. The van der Waals surface area contributed by atoms with Crippen molar-refractivity contribution in [1.82, 2.24) is 9.80 Å². The molecule has 0 spiro atoms. The van der Waals surface area contributed by atoms with Gasteiger partial charge >= 0.3 is 0 Å². The lowest BCUT2D eigenvalue weighted by Gasteiger charge is -2.37. The van der Waals surface area contributed by atoms with Crippen molar-refractivity contribution in [2.45, 2.75) is 26.3 Å². The minimum Gasteiger partial charge on any atom is -0.340 e. The van der Waals surface area contributed by atoms with E-state index in [2.05, 4.69) is 5.32 Å². The average Bonchev–Trinajstić information content (AvgIpc) is 2.71. The molecule has 2 aromatic rings. The summed E-state index contributed by atoms with van der Waals surface area (Å²) in [6.07, 6.45) is 0.368. The first-order valence-electron chi connectivity index (χ1n) is 9.67. The Kier molecular flexibility index (Phi) is 6.59. The van der Waals surface area contributed by atoms with Crippen LogP contribution in [0.15, 0.2) is 42.5 Å². The van der Waals surface area contributed by atoms with E-state index < -0.39 is 17.7 Å². The van der Waals surface area contributed by atoms with Gasteiger partial charge in [0, 0.05) is 32.2 Å². The average molecular weight is 401 g/mol. The highest BCUT2D eigenvalue weighted by Crippen LogP contribution is 2.17. The van der Waals surface area contributed by atoms with Crippen LogP contribution < -0.4 is 5.32 Å². The molecule has 154 valence electrons. The standard InChI is InChI=1S/C22H25F2N3O2/c1-15-5-3-4-6-17(15)13-21(28)27-11-9-26(10-12-27)16(2)22(29)25-20-8-7-18(23)14-19(20)24/h3-8,14,16H,9-13H2,1-2H3,(H,25,29). The molecule has 1 aliphatic heterocycles. The SMILES string of the molecule is Cc1ccccc1CC(=O)N1CCN(C(C)C(=O)Nc2ccc(F)cc2F)CC1. The zero-order chi connectivity index (χ0) is 21.0. The van der Waals surface area contributed by atoms with Crippen LogP contribution in [0.25, 0.3) is 0 Å². The van der Waals surface area contributed by atoms with Gasteiger partial charge < -0.3 is 10.2 Å². The molecule has 0 saturated carbocycles. The number of rotatable bonds is 5. The van der Waals surface area contributed by atoms with Gasteiger partial charge in [-0.25, -0.2) is 8.78 Å². The molecular weight excluding hydrogens is 376 g/mol. The molecule has 2 aromatic carbocycles. The van der Waals surface area contributed by atoms with Gasteiger partial charge in [0.15, 0.2) is 0 Å². The second kappa shape index (κ2) is 9.13. The van der Waals surface area contributed by atoms with E-state index in [1.807, 2.05) is 41.0 Å². The summed E-state index contributed by atoms with van der Waals surface area (Å²) >= 11 is 0. The minimum atomic E-state index is -0.808. The van der Waals surface area contributed by atoms with Crippen molar-refractivity contribution in [2.75, 3.05) is 31.5 Å². The molecule has 29 heavy (non-hydrogen) atoms. The van der Waals surface area contributed by atoms with Crippen molar-refractivity contribution in [3.8, 4) is 0 Å². The zero-order valence-corrected chi connectivity index (χ0v) is 16.6. The number of piperazine rings is 1. The third-order valence-electron chi connectivity index (χ3n) is 5.39. The van der Waals surface area contributed by atoms with Crippen molar-refractivity contribution in [3.63, 3.8) is 0 Å². The Morgan fingerprint density at radius 3 is 2.41 bits per heavy atom. The summed E-state index contributed by atoms with van der Waals surface area (Å²) in [5.41, 5.74) is 2.07. The summed E-state index contributed by atoms with van der Waals surface area (Å²) in [4.78, 5) is 28.8. The highest BCUT2D eigenvalue weighted by molar-refractivity contribution is 5.94. The Hall–Kier alpha value is -2.80. The van der Waals surface area contributed by atoms with Crippen LogP contribution in [0, 0.1) is 18.6 Å². The van der Waals surface area contributed by atoms with Crippen molar-refractivity contribution >= 4 is 17.5 Å². The highest BCUT2D eigenvalue weighted by atomic mass is 19.1. The Morgan fingerprint density at radius 2 is 1.76 bits per heavy atom. The molecule has 1 N–H and O–H groups in total. The maximum absolute atomic E-state index is 13.8. The Bertz CT molecular complexity index is 895. The molecule has 0 aliphatic carbocycles. The number of nitrogens with one attached hydrogen (secondary N) is 1. The third kappa shape index (κ3) is 5.17. The molecule has 1 unspecified atom stereocenters. The van der Waals surface area contributed by atoms with Gasteiger partial charge in [-0.15, -0.1) is 0 Å². The molecule has 5 nitrogen and oxygen atoms in total. The monoisotopic (exact) mass is 401 g/mol. The lowest BCUT2D eigenvalue weighted by atomic mass is 10.0. The van der Waals surface area contributed by atoms with E-state index in [0.29, 0.717) is 32.6 Å². The number of aryl methyl sites for hydroxylation is 1. The van der Waals surface area contributed by atoms with E-state index in [1.54, 1.807) is 6.92 Å². The molecule has 0 radical (unpaired) electrons. The first-order chi connectivity index (χ1) is 13.8. The number of hydrogen-bond donors (Lipinski definition) is 1. The lowest BCUT2D eigenvalue weighted by molar-refractivity contribution is -0.133. The molecule has 1 heterocycles. The van der Waals surface area contributed by atoms with Gasteiger partial charge in [0.1, 0.15) is 11.6 Å². The van der Waals surface area contributed by atoms with E-state index in [4.69, 9.17) is 0 Å². The van der Waals surface area contributed by atoms with Gasteiger partial charge in [0.2, 0.25) is 11.8 Å². The Morgan fingerprint density at radius 1 is 1.07 bits per heavy atom. The smallest absolute Gasteiger partial charge is 0.241 e. The number of hydrogen-bond acceptors (Lipinski definition) is 3. The summed E-state index contributed by atoms with van der Waals surface area (Å²) in [5, 5.41) is 2.50. The van der Waals surface area contributed by atoms with Crippen LogP contribution in [-0.4, -0.2) is 53.8 Å². The quantitative estimate of drug-likeness (QED) is 0.838. The maximum Gasteiger partial charge on any atom is 0.241 e. The second-order valence-corrected chi connectivity index (χ2v) is 7.31. The first-order valence-corrected chi connectivity index (χ1v) is 9.67. The summed E-state index contributed by atoms with van der Waals surface area (Å²) in [5.74, 6) is -1.79. The van der Waals surface area contributed by atoms with E-state index in [0.717, 1.165) is 23.3 Å². The molecule has 0 aromatic heterocycles. The molecule has 1 atom stereocenters. The first kappa shape index (κ1) is 20.9. The normalized spacial score (nSPS) is 15.8. The highest BCUT2D eigenvalue weighted by Gasteiger charge is 2.28. The molecule has 2 amide bonds. The van der Waals surface area contributed by atoms with Crippen LogP contribution >= 0.6 is 0 Å². The number of benzene rings is 2. The third-order valence-corrected chi connectivity index (χ3v) is 5.39. The van der Waals surface area contributed by atoms with Crippen LogP contribution in [-0.2, 0) is 16.0 Å². The van der Waals surface area contributed by atoms with Crippen LogP contribution in [0.1, 0.15) is 18.1 Å². The number of amides is 2. The number of carbonyl (C=O) groups excluding carboxylic acids is 2. The predicted molar refractivity (Wildman–Crippen MR) is 107 cm³/mol. The van der Waals surface area contributed by atoms with Gasteiger partial charge in [-0.2, -0.15) is 0 Å². The van der Waals surface area contributed by atoms with Gasteiger partial charge in [0.05, 0.1) is 18.2 Å². The van der Waals surface area contributed by atoms with Crippen LogP contribution in [0.3, 0.4) is 0 Å². The van der Waals surface area contributed by atoms with Gasteiger partial charge in [-0.1, -0.05) is 24.3 Å². The summed E-state index contributed by atoms with van der Waals surface area (Å²) in [6, 6.07) is 10.4. The van der Waals surface area contributed by atoms with Crippen molar-refractivity contribution in [3.05, 3.63) is 65.2 Å². The molecule has 0 bridgehead atoms. The van der Waals surface area contributed by atoms with E-state index in [9.17, 15) is 18.4 Å². The molecular formula is C22H25F2N3O2. The fourth-order valence-electron chi connectivity index (χ4n) is 3.44. The van der Waals surface area contributed by atoms with Crippen LogP contribution in [0.4, 0.5) is 14.5 Å². The summed E-state index contributed by atoms with van der Waals surface area (Å²) in [6.45, 7) is 5.91. The van der Waals surface area contributed by atoms with Crippen molar-refractivity contribution in [2.24, 2.45) is 0 Å². The van der Waals surface area contributed by atoms with E-state index in [-0.39, 0.29) is 17.5 Å². The molecule has 1 aliphatic rings. The molecule has 7 heteroatoms. The number of carbonyl (C=O) groups is 2. The summed E-state index contributed by atoms with van der Waals surface area (Å²) in [7, 11) is 0. The topological polar surface area (TPSA) is 52.7 Å². The fourth-order valence-corrected chi connectivity index (χ4v) is 3.44. The van der Waals surface area contributed by atoms with E-state index in [1.165, 1.54) is 6.07 Å². The fraction of sp³-hybridized carbons (Fsp3) is 0.364. The Balaban J connectivity index is 1.52. The van der Waals surface area contributed by atoms with Gasteiger partial charge in [-0.05, 0) is 37.1 Å². The van der Waals surface area contributed by atoms with Crippen molar-refractivity contribution < 1.29 is 18.4 Å².